The lowest BCUT2D eigenvalue weighted by Gasteiger charge is -2.19. The van der Waals surface area contributed by atoms with E-state index in [9.17, 15) is 14.7 Å². The normalized spacial score (nSPS) is 14.3. The van der Waals surface area contributed by atoms with Crippen LogP contribution in [0.15, 0.2) is 66.7 Å². The van der Waals surface area contributed by atoms with E-state index >= 15 is 8.78 Å². The smallest absolute Gasteiger partial charge is 0.409 e. The van der Waals surface area contributed by atoms with Gasteiger partial charge in [0.05, 0.1) is 13.7 Å². The van der Waals surface area contributed by atoms with Gasteiger partial charge in [-0.15, -0.1) is 0 Å². The van der Waals surface area contributed by atoms with E-state index in [1.165, 1.54) is 24.1 Å². The molecular formula is C32H29F2N3O7. The number of amides is 1. The summed E-state index contributed by atoms with van der Waals surface area (Å²) in [4.78, 5) is 29.0. The van der Waals surface area contributed by atoms with Crippen molar-refractivity contribution in [2.75, 3.05) is 20.2 Å². The van der Waals surface area contributed by atoms with Gasteiger partial charge in [-0.25, -0.2) is 9.59 Å². The van der Waals surface area contributed by atoms with Crippen LogP contribution in [0, 0.1) is 18.6 Å². The van der Waals surface area contributed by atoms with E-state index in [1.54, 1.807) is 31.2 Å². The largest absolute Gasteiger partial charge is 0.482 e. The third-order valence-electron chi connectivity index (χ3n) is 6.96. The number of halogens is 2. The molecule has 0 aliphatic carbocycles. The van der Waals surface area contributed by atoms with Gasteiger partial charge in [0.1, 0.15) is 23.2 Å². The average molecular weight is 606 g/mol. The van der Waals surface area contributed by atoms with Gasteiger partial charge in [0.2, 0.25) is 17.4 Å². The summed E-state index contributed by atoms with van der Waals surface area (Å²) in [6.07, 6.45) is -1.11. The zero-order valence-corrected chi connectivity index (χ0v) is 23.9. The number of likely N-dealkylation sites (tertiary alicyclic amines) is 1. The standard InChI is InChI=1S/C32H29F2N3O7/c1-18-9-10-24(31(38)39)25(13-18)44-30-27(34)28(42-23-11-12-37(17-23)32(40)41-2)26(33)29(36-30)43-22-8-4-7-21(15-22)20-6-3-5-19(14-20)16-35/h3-10,13-15,23H,11-12,16-17,35H2,1-2H3,(H,38,39). The summed E-state index contributed by atoms with van der Waals surface area (Å²) >= 11 is 0. The fraction of sp³-hybridized carbons (Fsp3) is 0.219. The van der Waals surface area contributed by atoms with Crippen molar-refractivity contribution in [2.45, 2.75) is 26.0 Å². The molecule has 1 amide bonds. The molecule has 5 rings (SSSR count). The van der Waals surface area contributed by atoms with E-state index in [0.29, 0.717) is 12.1 Å². The number of carboxylic acid groups (broad SMARTS) is 1. The van der Waals surface area contributed by atoms with Crippen molar-refractivity contribution >= 4 is 12.1 Å². The van der Waals surface area contributed by atoms with E-state index < -0.39 is 47.3 Å². The molecule has 0 bridgehead atoms. The summed E-state index contributed by atoms with van der Waals surface area (Å²) in [5, 5.41) is 9.63. The molecule has 1 aromatic heterocycles. The van der Waals surface area contributed by atoms with Crippen molar-refractivity contribution in [3.8, 4) is 40.1 Å². The fourth-order valence-electron chi connectivity index (χ4n) is 4.73. The van der Waals surface area contributed by atoms with Crippen molar-refractivity contribution < 1.29 is 42.4 Å². The molecule has 1 atom stereocenters. The third kappa shape index (κ3) is 6.55. The molecule has 0 radical (unpaired) electrons. The highest BCUT2D eigenvalue weighted by molar-refractivity contribution is 5.91. The lowest BCUT2D eigenvalue weighted by molar-refractivity contribution is 0.0693. The number of pyridine rings is 1. The van der Waals surface area contributed by atoms with E-state index in [-0.39, 0.29) is 36.6 Å². The maximum absolute atomic E-state index is 15.9. The molecule has 1 unspecified atom stereocenters. The Morgan fingerprint density at radius 3 is 2.41 bits per heavy atom. The van der Waals surface area contributed by atoms with Crippen LogP contribution >= 0.6 is 0 Å². The number of methoxy groups -OCH3 is 1. The Balaban J connectivity index is 1.53. The maximum Gasteiger partial charge on any atom is 0.409 e. The number of nitrogens with zero attached hydrogens (tertiary/aromatic N) is 2. The average Bonchev–Trinajstić information content (AvgIpc) is 3.50. The third-order valence-corrected chi connectivity index (χ3v) is 6.96. The van der Waals surface area contributed by atoms with Crippen LogP contribution in [0.1, 0.15) is 27.9 Å². The van der Waals surface area contributed by atoms with Crippen molar-refractivity contribution in [2.24, 2.45) is 5.73 Å². The molecule has 3 aromatic carbocycles. The van der Waals surface area contributed by atoms with Crippen LogP contribution in [0.4, 0.5) is 13.6 Å². The zero-order valence-electron chi connectivity index (χ0n) is 23.9. The van der Waals surface area contributed by atoms with Crippen molar-refractivity contribution in [3.05, 3.63) is 95.1 Å². The number of hydrogen-bond acceptors (Lipinski definition) is 8. The topological polar surface area (TPSA) is 133 Å². The van der Waals surface area contributed by atoms with E-state index in [2.05, 4.69) is 4.98 Å². The number of nitrogens with two attached hydrogens (primary N) is 1. The number of hydrogen-bond donors (Lipinski definition) is 2. The van der Waals surface area contributed by atoms with Gasteiger partial charge in [0.25, 0.3) is 11.8 Å². The van der Waals surface area contributed by atoms with Gasteiger partial charge < -0.3 is 34.7 Å². The lowest BCUT2D eigenvalue weighted by Crippen LogP contribution is -2.30. The molecule has 3 N–H and O–H groups in total. The summed E-state index contributed by atoms with van der Waals surface area (Å²) in [6.45, 7) is 2.32. The number of carbonyl (C=O) groups is 2. The highest BCUT2D eigenvalue weighted by atomic mass is 19.1. The van der Waals surface area contributed by atoms with Gasteiger partial charge in [0, 0.05) is 19.5 Å². The number of aryl methyl sites for hydroxylation is 1. The van der Waals surface area contributed by atoms with Crippen LogP contribution in [0.25, 0.3) is 11.1 Å². The van der Waals surface area contributed by atoms with Crippen LogP contribution in [-0.4, -0.2) is 53.4 Å². The second kappa shape index (κ2) is 13.0. The minimum Gasteiger partial charge on any atom is -0.482 e. The van der Waals surface area contributed by atoms with Crippen LogP contribution in [0.5, 0.6) is 29.0 Å². The van der Waals surface area contributed by atoms with Gasteiger partial charge in [-0.05, 0) is 59.5 Å². The number of rotatable bonds is 9. The first-order valence-corrected chi connectivity index (χ1v) is 13.6. The van der Waals surface area contributed by atoms with Crippen molar-refractivity contribution in [1.29, 1.82) is 0 Å². The number of benzene rings is 3. The van der Waals surface area contributed by atoms with Gasteiger partial charge in [-0.2, -0.15) is 13.8 Å². The molecule has 228 valence electrons. The second-order valence-corrected chi connectivity index (χ2v) is 10.1. The van der Waals surface area contributed by atoms with Crippen molar-refractivity contribution in [3.63, 3.8) is 0 Å². The molecular weight excluding hydrogens is 576 g/mol. The molecule has 12 heteroatoms. The molecule has 4 aromatic rings. The molecule has 0 saturated carbocycles. The van der Waals surface area contributed by atoms with E-state index in [0.717, 1.165) is 16.7 Å². The predicted octanol–water partition coefficient (Wildman–Crippen LogP) is 6.30. The summed E-state index contributed by atoms with van der Waals surface area (Å²) in [6, 6.07) is 18.5. The molecule has 0 spiro atoms. The van der Waals surface area contributed by atoms with Gasteiger partial charge in [-0.3, -0.25) is 0 Å². The molecule has 1 aliphatic rings. The Morgan fingerprint density at radius 1 is 1.00 bits per heavy atom. The highest BCUT2D eigenvalue weighted by Crippen LogP contribution is 2.40. The molecule has 44 heavy (non-hydrogen) atoms. The minimum atomic E-state index is -1.32. The SMILES string of the molecule is COC(=O)N1CCC(Oc2c(F)c(Oc3cccc(-c4cccc(CN)c4)c3)nc(Oc3cc(C)ccc3C(=O)O)c2F)C1. The van der Waals surface area contributed by atoms with Crippen molar-refractivity contribution in [1.82, 2.24) is 9.88 Å². The number of aromatic carboxylic acids is 1. The van der Waals surface area contributed by atoms with Gasteiger partial charge in [-0.1, -0.05) is 36.4 Å². The summed E-state index contributed by atoms with van der Waals surface area (Å²) < 4.78 is 53.6. The Kier molecular flexibility index (Phi) is 8.91. The Bertz CT molecular complexity index is 1720. The Morgan fingerprint density at radius 2 is 1.70 bits per heavy atom. The Labute approximate surface area is 251 Å². The van der Waals surface area contributed by atoms with E-state index in [4.69, 9.17) is 24.7 Å². The molecule has 1 saturated heterocycles. The van der Waals surface area contributed by atoms with Crippen LogP contribution < -0.4 is 19.9 Å². The fourth-order valence-corrected chi connectivity index (χ4v) is 4.73. The van der Waals surface area contributed by atoms with Crippen LogP contribution in [-0.2, 0) is 11.3 Å². The molecule has 1 fully saturated rings. The monoisotopic (exact) mass is 605 g/mol. The minimum absolute atomic E-state index is 0.0191. The number of carboxylic acids is 1. The van der Waals surface area contributed by atoms with Gasteiger partial charge in [0.15, 0.2) is 0 Å². The first-order valence-electron chi connectivity index (χ1n) is 13.6. The second-order valence-electron chi connectivity index (χ2n) is 10.1. The summed E-state index contributed by atoms with van der Waals surface area (Å²) in [5.41, 5.74) is 8.65. The van der Waals surface area contributed by atoms with Crippen LogP contribution in [0.3, 0.4) is 0 Å². The number of ether oxygens (including phenoxy) is 4. The van der Waals surface area contributed by atoms with E-state index in [1.807, 2.05) is 30.3 Å². The zero-order chi connectivity index (χ0) is 31.4. The van der Waals surface area contributed by atoms with Crippen LogP contribution in [0.2, 0.25) is 0 Å². The first-order chi connectivity index (χ1) is 21.2. The molecule has 1 aliphatic heterocycles. The number of aromatic nitrogens is 1. The first kappa shape index (κ1) is 30.2. The molecule has 2 heterocycles. The predicted molar refractivity (Wildman–Crippen MR) is 155 cm³/mol. The molecule has 10 nitrogen and oxygen atoms in total. The number of carbonyl (C=O) groups excluding carboxylic acids is 1. The lowest BCUT2D eigenvalue weighted by atomic mass is 10.0. The summed E-state index contributed by atoms with van der Waals surface area (Å²) in [5.74, 6) is -6.20. The quantitative estimate of drug-likeness (QED) is 0.226. The highest BCUT2D eigenvalue weighted by Gasteiger charge is 2.33. The van der Waals surface area contributed by atoms with Gasteiger partial charge >= 0.3 is 12.1 Å². The Hall–Kier alpha value is -5.23. The summed E-state index contributed by atoms with van der Waals surface area (Å²) in [7, 11) is 1.23. The maximum atomic E-state index is 15.9.